The Balaban J connectivity index is 2.59. The van der Waals surface area contributed by atoms with Crippen LogP contribution >= 0.6 is 0 Å². The van der Waals surface area contributed by atoms with Crippen molar-refractivity contribution in [2.45, 2.75) is 46.6 Å². The molecule has 12 heavy (non-hydrogen) atoms. The Bertz CT molecular complexity index is 149. The third kappa shape index (κ3) is 2.01. The predicted octanol–water partition coefficient (Wildman–Crippen LogP) is 2.76. The first kappa shape index (κ1) is 10.0. The van der Waals surface area contributed by atoms with E-state index < -0.39 is 0 Å². The molecule has 0 bridgehead atoms. The summed E-state index contributed by atoms with van der Waals surface area (Å²) >= 11 is 0. The lowest BCUT2D eigenvalue weighted by atomic mass is 9.81. The molecule has 1 unspecified atom stereocenters. The van der Waals surface area contributed by atoms with Crippen LogP contribution in [0.1, 0.15) is 40.5 Å². The van der Waals surface area contributed by atoms with E-state index in [1.807, 2.05) is 0 Å². The van der Waals surface area contributed by atoms with Crippen molar-refractivity contribution in [2.24, 2.45) is 11.3 Å². The van der Waals surface area contributed by atoms with Gasteiger partial charge >= 0.3 is 0 Å². The normalized spacial score (nSPS) is 30.0. The lowest BCUT2D eigenvalue weighted by molar-refractivity contribution is 0.182. The van der Waals surface area contributed by atoms with Crippen molar-refractivity contribution in [3.05, 3.63) is 0 Å². The van der Waals surface area contributed by atoms with E-state index in [9.17, 15) is 0 Å². The van der Waals surface area contributed by atoms with Crippen LogP contribution in [0.25, 0.3) is 0 Å². The zero-order chi connectivity index (χ0) is 9.35. The van der Waals surface area contributed by atoms with E-state index in [1.165, 1.54) is 19.4 Å². The van der Waals surface area contributed by atoms with E-state index >= 15 is 0 Å². The minimum absolute atomic E-state index is 0.541. The Morgan fingerprint density at radius 1 is 1.42 bits per heavy atom. The van der Waals surface area contributed by atoms with Crippen molar-refractivity contribution in [1.82, 2.24) is 4.90 Å². The molecule has 0 radical (unpaired) electrons. The van der Waals surface area contributed by atoms with E-state index in [0.717, 1.165) is 12.0 Å². The summed E-state index contributed by atoms with van der Waals surface area (Å²) in [6, 6.07) is 0.803. The molecular weight excluding hydrogens is 146 g/mol. The monoisotopic (exact) mass is 169 g/mol. The highest BCUT2D eigenvalue weighted by atomic mass is 15.2. The van der Waals surface area contributed by atoms with Crippen molar-refractivity contribution in [1.29, 1.82) is 0 Å². The molecular formula is C11H23N. The van der Waals surface area contributed by atoms with Crippen LogP contribution in [0.4, 0.5) is 0 Å². The maximum Gasteiger partial charge on any atom is 0.0146 e. The number of nitrogens with zero attached hydrogens (tertiary/aromatic N) is 1. The van der Waals surface area contributed by atoms with Crippen molar-refractivity contribution in [3.8, 4) is 0 Å². The number of hydrogen-bond donors (Lipinski definition) is 0. The lowest BCUT2D eigenvalue weighted by Crippen LogP contribution is -2.35. The highest BCUT2D eigenvalue weighted by Gasteiger charge is 2.38. The average molecular weight is 169 g/mol. The fourth-order valence-corrected chi connectivity index (χ4v) is 2.33. The van der Waals surface area contributed by atoms with Crippen LogP contribution < -0.4 is 0 Å². The van der Waals surface area contributed by atoms with E-state index in [0.29, 0.717) is 5.41 Å². The molecule has 0 aliphatic carbocycles. The lowest BCUT2D eigenvalue weighted by Gasteiger charge is -2.32. The summed E-state index contributed by atoms with van der Waals surface area (Å²) < 4.78 is 0. The van der Waals surface area contributed by atoms with Gasteiger partial charge in [-0.15, -0.1) is 0 Å². The fourth-order valence-electron chi connectivity index (χ4n) is 2.33. The van der Waals surface area contributed by atoms with Crippen LogP contribution in [0.2, 0.25) is 0 Å². The third-order valence-electron chi connectivity index (χ3n) is 3.24. The molecule has 1 nitrogen and oxygen atoms in total. The first-order valence-corrected chi connectivity index (χ1v) is 5.14. The number of hydrogen-bond acceptors (Lipinski definition) is 1. The smallest absolute Gasteiger partial charge is 0.0146 e. The summed E-state index contributed by atoms with van der Waals surface area (Å²) in [5.41, 5.74) is 0.541. The first-order chi connectivity index (χ1) is 5.43. The van der Waals surface area contributed by atoms with Gasteiger partial charge in [0, 0.05) is 6.04 Å². The van der Waals surface area contributed by atoms with Gasteiger partial charge in [-0.3, -0.25) is 0 Å². The first-order valence-electron chi connectivity index (χ1n) is 5.14. The molecule has 0 aromatic rings. The Morgan fingerprint density at radius 2 is 2.00 bits per heavy atom. The molecule has 0 N–H and O–H groups in total. The Hall–Kier alpha value is -0.0400. The zero-order valence-electron chi connectivity index (χ0n) is 9.22. The molecule has 72 valence electrons. The van der Waals surface area contributed by atoms with Crippen molar-refractivity contribution < 1.29 is 0 Å². The highest BCUT2D eigenvalue weighted by molar-refractivity contribution is 4.92. The SMILES string of the molecule is CC(C)CC1N(C)CCC1(C)C. The largest absolute Gasteiger partial charge is 0.303 e. The Morgan fingerprint density at radius 3 is 2.33 bits per heavy atom. The van der Waals surface area contributed by atoms with Gasteiger partial charge in [0.15, 0.2) is 0 Å². The molecule has 1 heterocycles. The molecule has 0 aromatic carbocycles. The Kier molecular flexibility index (Phi) is 2.82. The van der Waals surface area contributed by atoms with Crippen molar-refractivity contribution >= 4 is 0 Å². The van der Waals surface area contributed by atoms with Gasteiger partial charge in [-0.2, -0.15) is 0 Å². The summed E-state index contributed by atoms with van der Waals surface area (Å²) in [5.74, 6) is 0.829. The minimum Gasteiger partial charge on any atom is -0.303 e. The molecule has 1 fully saturated rings. The standard InChI is InChI=1S/C11H23N/c1-9(2)8-10-11(3,4)6-7-12(10)5/h9-10H,6-8H2,1-5H3. The van der Waals surface area contributed by atoms with E-state index in [2.05, 4.69) is 39.6 Å². The molecule has 0 amide bonds. The van der Waals surface area contributed by atoms with E-state index in [4.69, 9.17) is 0 Å². The summed E-state index contributed by atoms with van der Waals surface area (Å²) in [5, 5.41) is 0. The van der Waals surface area contributed by atoms with Gasteiger partial charge in [0.05, 0.1) is 0 Å². The molecule has 1 aliphatic rings. The summed E-state index contributed by atoms with van der Waals surface area (Å²) in [7, 11) is 2.27. The summed E-state index contributed by atoms with van der Waals surface area (Å²) in [6.07, 6.45) is 2.71. The topological polar surface area (TPSA) is 3.24 Å². The van der Waals surface area contributed by atoms with Crippen LogP contribution in [0, 0.1) is 11.3 Å². The Labute approximate surface area is 77.1 Å². The molecule has 0 spiro atoms. The maximum absolute atomic E-state index is 2.53. The van der Waals surface area contributed by atoms with E-state index in [-0.39, 0.29) is 0 Å². The second-order valence-corrected chi connectivity index (χ2v) is 5.36. The zero-order valence-corrected chi connectivity index (χ0v) is 9.22. The van der Waals surface area contributed by atoms with Crippen LogP contribution in [0.3, 0.4) is 0 Å². The summed E-state index contributed by atoms with van der Waals surface area (Å²) in [4.78, 5) is 2.53. The number of rotatable bonds is 2. The van der Waals surface area contributed by atoms with Crippen LogP contribution in [-0.4, -0.2) is 24.5 Å². The van der Waals surface area contributed by atoms with Gasteiger partial charge in [0.1, 0.15) is 0 Å². The molecule has 0 aromatic heterocycles. The highest BCUT2D eigenvalue weighted by Crippen LogP contribution is 2.38. The molecule has 1 atom stereocenters. The molecule has 1 saturated heterocycles. The van der Waals surface area contributed by atoms with Crippen LogP contribution in [0.5, 0.6) is 0 Å². The summed E-state index contributed by atoms with van der Waals surface area (Å²) in [6.45, 7) is 10.7. The molecule has 0 saturated carbocycles. The number of likely N-dealkylation sites (tertiary alicyclic amines) is 1. The van der Waals surface area contributed by atoms with Gasteiger partial charge in [0.25, 0.3) is 0 Å². The van der Waals surface area contributed by atoms with Crippen LogP contribution in [0.15, 0.2) is 0 Å². The average Bonchev–Trinajstić information content (AvgIpc) is 2.15. The minimum atomic E-state index is 0.541. The molecule has 1 aliphatic heterocycles. The van der Waals surface area contributed by atoms with Gasteiger partial charge in [-0.1, -0.05) is 27.7 Å². The van der Waals surface area contributed by atoms with Gasteiger partial charge in [-0.25, -0.2) is 0 Å². The fraction of sp³-hybridized carbons (Fsp3) is 1.00. The second kappa shape index (κ2) is 3.37. The molecule has 1 heteroatoms. The van der Waals surface area contributed by atoms with Crippen molar-refractivity contribution in [2.75, 3.05) is 13.6 Å². The predicted molar refractivity (Wildman–Crippen MR) is 54.3 cm³/mol. The third-order valence-corrected chi connectivity index (χ3v) is 3.24. The van der Waals surface area contributed by atoms with Gasteiger partial charge in [0.2, 0.25) is 0 Å². The quantitative estimate of drug-likeness (QED) is 0.614. The van der Waals surface area contributed by atoms with Crippen LogP contribution in [-0.2, 0) is 0 Å². The van der Waals surface area contributed by atoms with E-state index in [1.54, 1.807) is 0 Å². The second-order valence-electron chi connectivity index (χ2n) is 5.36. The van der Waals surface area contributed by atoms with Gasteiger partial charge in [-0.05, 0) is 37.8 Å². The maximum atomic E-state index is 2.53. The molecule has 1 rings (SSSR count). The van der Waals surface area contributed by atoms with Crippen molar-refractivity contribution in [3.63, 3.8) is 0 Å². The van der Waals surface area contributed by atoms with Gasteiger partial charge < -0.3 is 4.90 Å².